The topological polar surface area (TPSA) is 37.8 Å². The van der Waals surface area contributed by atoms with Crippen LogP contribution in [0.5, 0.6) is 0 Å². The Hall–Kier alpha value is -0.870. The van der Waals surface area contributed by atoms with E-state index >= 15 is 0 Å². The summed E-state index contributed by atoms with van der Waals surface area (Å²) >= 11 is 7.46. The first-order valence-corrected chi connectivity index (χ1v) is 5.44. The zero-order chi connectivity index (χ0) is 10.3. The number of hydrogen-bond acceptors (Lipinski definition) is 4. The Morgan fingerprint density at radius 1 is 1.29 bits per heavy atom. The summed E-state index contributed by atoms with van der Waals surface area (Å²) < 4.78 is 0. The van der Waals surface area contributed by atoms with Crippen molar-refractivity contribution in [3.05, 3.63) is 15.7 Å². The summed E-state index contributed by atoms with van der Waals surface area (Å²) in [5.41, 5.74) is 1.23. The summed E-state index contributed by atoms with van der Waals surface area (Å²) in [4.78, 5) is 10.5. The van der Waals surface area contributed by atoms with E-state index in [-0.39, 0.29) is 0 Å². The Bertz CT molecular complexity index is 492. The molecule has 0 fully saturated rings. The summed E-state index contributed by atoms with van der Waals surface area (Å²) in [6.45, 7) is 4.15. The van der Waals surface area contributed by atoms with Crippen LogP contribution in [0.15, 0.2) is 0 Å². The van der Waals surface area contributed by atoms with Gasteiger partial charge < -0.3 is 5.32 Å². The average molecular weight is 228 g/mol. The highest BCUT2D eigenvalue weighted by molar-refractivity contribution is 7.18. The summed E-state index contributed by atoms with van der Waals surface area (Å²) in [7, 11) is 1.84. The second-order valence-corrected chi connectivity index (χ2v) is 4.60. The Labute approximate surface area is 91.1 Å². The molecule has 74 valence electrons. The maximum absolute atomic E-state index is 5.81. The minimum atomic E-state index is 0.295. The SMILES string of the molecule is CNc1nc(Cl)nc2sc(C)c(C)c12. The second kappa shape index (κ2) is 3.37. The lowest BCUT2D eigenvalue weighted by atomic mass is 10.2. The van der Waals surface area contributed by atoms with Crippen molar-refractivity contribution in [2.24, 2.45) is 0 Å². The van der Waals surface area contributed by atoms with Crippen molar-refractivity contribution in [2.45, 2.75) is 13.8 Å². The van der Waals surface area contributed by atoms with Gasteiger partial charge in [-0.2, -0.15) is 0 Å². The van der Waals surface area contributed by atoms with Gasteiger partial charge in [-0.1, -0.05) is 0 Å². The molecule has 3 nitrogen and oxygen atoms in total. The molecule has 0 atom stereocenters. The normalized spacial score (nSPS) is 10.9. The smallest absolute Gasteiger partial charge is 0.225 e. The van der Waals surface area contributed by atoms with Crippen LogP contribution in [0, 0.1) is 13.8 Å². The molecule has 2 aromatic rings. The zero-order valence-electron chi connectivity index (χ0n) is 8.18. The number of rotatable bonds is 1. The molecule has 0 aliphatic carbocycles. The highest BCUT2D eigenvalue weighted by atomic mass is 35.5. The maximum Gasteiger partial charge on any atom is 0.225 e. The molecule has 0 aromatic carbocycles. The van der Waals surface area contributed by atoms with Gasteiger partial charge in [0.15, 0.2) is 0 Å². The minimum absolute atomic E-state index is 0.295. The molecule has 14 heavy (non-hydrogen) atoms. The van der Waals surface area contributed by atoms with E-state index in [2.05, 4.69) is 29.1 Å². The van der Waals surface area contributed by atoms with Crippen molar-refractivity contribution in [3.8, 4) is 0 Å². The number of nitrogens with one attached hydrogen (secondary N) is 1. The van der Waals surface area contributed by atoms with Gasteiger partial charge in [0.25, 0.3) is 0 Å². The van der Waals surface area contributed by atoms with Gasteiger partial charge in [-0.15, -0.1) is 11.3 Å². The number of fused-ring (bicyclic) bond motifs is 1. The van der Waals surface area contributed by atoms with Crippen molar-refractivity contribution in [3.63, 3.8) is 0 Å². The van der Waals surface area contributed by atoms with E-state index in [9.17, 15) is 0 Å². The maximum atomic E-state index is 5.81. The lowest BCUT2D eigenvalue weighted by Gasteiger charge is -2.02. The first-order chi connectivity index (χ1) is 6.63. The number of anilines is 1. The van der Waals surface area contributed by atoms with Crippen LogP contribution in [0.2, 0.25) is 5.28 Å². The largest absolute Gasteiger partial charge is 0.372 e. The molecule has 0 saturated heterocycles. The third kappa shape index (κ3) is 1.35. The lowest BCUT2D eigenvalue weighted by molar-refractivity contribution is 1.21. The van der Waals surface area contributed by atoms with Crippen LogP contribution in [-0.2, 0) is 0 Å². The molecule has 1 N–H and O–H groups in total. The molecular formula is C9H10ClN3S. The fraction of sp³-hybridized carbons (Fsp3) is 0.333. The second-order valence-electron chi connectivity index (χ2n) is 3.05. The molecule has 2 heterocycles. The molecule has 0 saturated carbocycles. The molecule has 0 unspecified atom stereocenters. The number of aryl methyl sites for hydroxylation is 2. The van der Waals surface area contributed by atoms with E-state index in [1.807, 2.05) is 7.05 Å². The monoisotopic (exact) mass is 227 g/mol. The van der Waals surface area contributed by atoms with Gasteiger partial charge in [0, 0.05) is 11.9 Å². The van der Waals surface area contributed by atoms with Crippen LogP contribution in [0.3, 0.4) is 0 Å². The standard InChI is InChI=1S/C9H10ClN3S/c1-4-5(2)14-8-6(4)7(11-3)12-9(10)13-8/h1-3H3,(H,11,12,13). The fourth-order valence-electron chi connectivity index (χ4n) is 1.40. The van der Waals surface area contributed by atoms with Crippen LogP contribution < -0.4 is 5.32 Å². The lowest BCUT2D eigenvalue weighted by Crippen LogP contribution is -1.95. The third-order valence-electron chi connectivity index (χ3n) is 2.24. The minimum Gasteiger partial charge on any atom is -0.372 e. The Balaban J connectivity index is 2.88. The molecule has 0 amide bonds. The molecule has 0 aliphatic rings. The van der Waals surface area contributed by atoms with Crippen LogP contribution >= 0.6 is 22.9 Å². The number of aromatic nitrogens is 2. The summed E-state index contributed by atoms with van der Waals surface area (Å²) in [6, 6.07) is 0. The number of hydrogen-bond donors (Lipinski definition) is 1. The average Bonchev–Trinajstić information content (AvgIpc) is 2.41. The van der Waals surface area contributed by atoms with E-state index in [1.165, 1.54) is 10.4 Å². The molecule has 5 heteroatoms. The van der Waals surface area contributed by atoms with Gasteiger partial charge in [-0.25, -0.2) is 9.97 Å². The van der Waals surface area contributed by atoms with Crippen molar-refractivity contribution in [2.75, 3.05) is 12.4 Å². The highest BCUT2D eigenvalue weighted by Gasteiger charge is 2.12. The quantitative estimate of drug-likeness (QED) is 0.762. The van der Waals surface area contributed by atoms with Crippen LogP contribution in [0.25, 0.3) is 10.2 Å². The molecule has 2 aromatic heterocycles. The van der Waals surface area contributed by atoms with E-state index in [4.69, 9.17) is 11.6 Å². The molecule has 0 spiro atoms. The molecule has 0 radical (unpaired) electrons. The molecular weight excluding hydrogens is 218 g/mol. The van der Waals surface area contributed by atoms with Gasteiger partial charge >= 0.3 is 0 Å². The Morgan fingerprint density at radius 3 is 2.64 bits per heavy atom. The van der Waals surface area contributed by atoms with Gasteiger partial charge in [0.1, 0.15) is 10.6 Å². The summed E-state index contributed by atoms with van der Waals surface area (Å²) in [5.74, 6) is 0.807. The summed E-state index contributed by atoms with van der Waals surface area (Å²) in [6.07, 6.45) is 0. The Morgan fingerprint density at radius 2 is 2.00 bits per heavy atom. The third-order valence-corrected chi connectivity index (χ3v) is 3.51. The van der Waals surface area contributed by atoms with Crippen LogP contribution in [-0.4, -0.2) is 17.0 Å². The van der Waals surface area contributed by atoms with E-state index in [0.717, 1.165) is 16.0 Å². The molecule has 0 bridgehead atoms. The zero-order valence-corrected chi connectivity index (χ0v) is 9.75. The Kier molecular flexibility index (Phi) is 2.33. The van der Waals surface area contributed by atoms with Gasteiger partial charge in [0.2, 0.25) is 5.28 Å². The van der Waals surface area contributed by atoms with Gasteiger partial charge in [-0.3, -0.25) is 0 Å². The predicted molar refractivity (Wildman–Crippen MR) is 61.4 cm³/mol. The number of halogens is 1. The van der Waals surface area contributed by atoms with E-state index in [0.29, 0.717) is 5.28 Å². The molecule has 2 rings (SSSR count). The first-order valence-electron chi connectivity index (χ1n) is 4.24. The van der Waals surface area contributed by atoms with Crippen molar-refractivity contribution >= 4 is 39.0 Å². The van der Waals surface area contributed by atoms with Gasteiger partial charge in [0.05, 0.1) is 5.39 Å². The van der Waals surface area contributed by atoms with Crippen LogP contribution in [0.4, 0.5) is 5.82 Å². The van der Waals surface area contributed by atoms with Crippen molar-refractivity contribution < 1.29 is 0 Å². The molecule has 0 aliphatic heterocycles. The van der Waals surface area contributed by atoms with Gasteiger partial charge in [-0.05, 0) is 31.0 Å². The van der Waals surface area contributed by atoms with Crippen molar-refractivity contribution in [1.29, 1.82) is 0 Å². The van der Waals surface area contributed by atoms with E-state index < -0.39 is 0 Å². The van der Waals surface area contributed by atoms with Crippen molar-refractivity contribution in [1.82, 2.24) is 9.97 Å². The number of nitrogens with zero attached hydrogens (tertiary/aromatic N) is 2. The fourth-order valence-corrected chi connectivity index (χ4v) is 2.65. The first kappa shape index (κ1) is 9.68. The number of thiophene rings is 1. The summed E-state index contributed by atoms with van der Waals surface area (Å²) in [5, 5.41) is 4.41. The van der Waals surface area contributed by atoms with E-state index in [1.54, 1.807) is 11.3 Å². The highest BCUT2D eigenvalue weighted by Crippen LogP contribution is 2.33. The predicted octanol–water partition coefficient (Wildman–Crippen LogP) is 3.00. The van der Waals surface area contributed by atoms with Crippen LogP contribution in [0.1, 0.15) is 10.4 Å².